The van der Waals surface area contributed by atoms with Gasteiger partial charge in [0.1, 0.15) is 18.1 Å². The second-order valence-electron chi connectivity index (χ2n) is 6.74. The highest BCUT2D eigenvalue weighted by Gasteiger charge is 2.34. The molecule has 0 saturated heterocycles. The molecule has 1 aromatic heterocycles. The van der Waals surface area contributed by atoms with E-state index in [4.69, 9.17) is 9.47 Å². The molecule has 0 bridgehead atoms. The minimum atomic E-state index is -0.451. The van der Waals surface area contributed by atoms with Crippen molar-refractivity contribution in [3.8, 4) is 5.75 Å². The summed E-state index contributed by atoms with van der Waals surface area (Å²) >= 11 is 0. The normalized spacial score (nSPS) is 15.4. The number of nitrogens with zero attached hydrogens (tertiary/aromatic N) is 3. The van der Waals surface area contributed by atoms with Gasteiger partial charge in [0.25, 0.3) is 0 Å². The van der Waals surface area contributed by atoms with E-state index in [1.807, 2.05) is 61.5 Å². The fourth-order valence-electron chi connectivity index (χ4n) is 3.46. The molecule has 3 aromatic rings. The molecule has 1 N–H and O–H groups in total. The van der Waals surface area contributed by atoms with Crippen LogP contribution in [0, 0.1) is 0 Å². The summed E-state index contributed by atoms with van der Waals surface area (Å²) in [5.74, 6) is 0.910. The van der Waals surface area contributed by atoms with Crippen molar-refractivity contribution in [2.45, 2.75) is 19.4 Å². The Hall–Kier alpha value is -3.61. The molecule has 7 nitrogen and oxygen atoms in total. The van der Waals surface area contributed by atoms with E-state index in [0.29, 0.717) is 36.0 Å². The molecule has 0 amide bonds. The lowest BCUT2D eigenvalue weighted by molar-refractivity contribution is -0.139. The standard InChI is InChI=1S/C22H22N4O3/c1-15-19(21(27)29-12-11-16-7-4-3-5-8-16)20(26-22(25-15)23-14-24-26)17-9-6-10-18(13-17)28-2/h3-10,13-14,20H,11-12H2,1-2H3,(H,23,24,25)/t20-/m1/s1. The number of carbonyl (C=O) groups is 1. The Morgan fingerprint density at radius 2 is 2.00 bits per heavy atom. The van der Waals surface area contributed by atoms with Gasteiger partial charge in [-0.3, -0.25) is 0 Å². The molecule has 1 aliphatic rings. The maximum Gasteiger partial charge on any atom is 0.338 e. The van der Waals surface area contributed by atoms with Gasteiger partial charge in [-0.25, -0.2) is 9.48 Å². The summed E-state index contributed by atoms with van der Waals surface area (Å²) in [5, 5.41) is 7.47. The zero-order valence-electron chi connectivity index (χ0n) is 16.3. The van der Waals surface area contributed by atoms with E-state index >= 15 is 0 Å². The van der Waals surface area contributed by atoms with E-state index in [9.17, 15) is 4.79 Å². The fourth-order valence-corrected chi connectivity index (χ4v) is 3.46. The molecule has 7 heteroatoms. The van der Waals surface area contributed by atoms with Crippen LogP contribution in [-0.2, 0) is 16.0 Å². The van der Waals surface area contributed by atoms with Crippen LogP contribution in [0.2, 0.25) is 0 Å². The van der Waals surface area contributed by atoms with Crippen LogP contribution in [0.1, 0.15) is 24.1 Å². The van der Waals surface area contributed by atoms with Crippen molar-refractivity contribution in [2.24, 2.45) is 0 Å². The number of hydrogen-bond donors (Lipinski definition) is 1. The molecular formula is C22H22N4O3. The summed E-state index contributed by atoms with van der Waals surface area (Å²) in [7, 11) is 1.61. The number of esters is 1. The van der Waals surface area contributed by atoms with Crippen LogP contribution in [0.3, 0.4) is 0 Å². The predicted molar refractivity (Wildman–Crippen MR) is 109 cm³/mol. The molecule has 1 atom stereocenters. The van der Waals surface area contributed by atoms with Gasteiger partial charge >= 0.3 is 5.97 Å². The van der Waals surface area contributed by atoms with Gasteiger partial charge < -0.3 is 14.8 Å². The van der Waals surface area contributed by atoms with Crippen molar-refractivity contribution < 1.29 is 14.3 Å². The quantitative estimate of drug-likeness (QED) is 0.650. The molecule has 148 valence electrons. The summed E-state index contributed by atoms with van der Waals surface area (Å²) in [5.41, 5.74) is 3.19. The zero-order valence-corrected chi connectivity index (χ0v) is 16.3. The maximum atomic E-state index is 13.1. The third-order valence-electron chi connectivity index (χ3n) is 4.89. The first-order chi connectivity index (χ1) is 14.2. The van der Waals surface area contributed by atoms with Crippen molar-refractivity contribution >= 4 is 11.9 Å². The van der Waals surface area contributed by atoms with Crippen LogP contribution in [0.25, 0.3) is 0 Å². The molecule has 4 rings (SSSR count). The topological polar surface area (TPSA) is 78.3 Å². The number of carbonyl (C=O) groups excluding carboxylic acids is 1. The Morgan fingerprint density at radius 1 is 1.17 bits per heavy atom. The number of rotatable bonds is 6. The summed E-state index contributed by atoms with van der Waals surface area (Å²) in [6, 6.07) is 17.1. The van der Waals surface area contributed by atoms with Crippen LogP contribution in [0.4, 0.5) is 5.95 Å². The zero-order chi connectivity index (χ0) is 20.2. The van der Waals surface area contributed by atoms with Gasteiger partial charge in [-0.05, 0) is 30.2 Å². The Labute approximate surface area is 169 Å². The average molecular weight is 390 g/mol. The molecule has 0 aliphatic carbocycles. The van der Waals surface area contributed by atoms with E-state index in [1.54, 1.807) is 11.8 Å². The van der Waals surface area contributed by atoms with E-state index in [0.717, 1.165) is 11.1 Å². The number of ether oxygens (including phenoxy) is 2. The fraction of sp³-hybridized carbons (Fsp3) is 0.227. The number of anilines is 1. The Bertz CT molecular complexity index is 1040. The first-order valence-electron chi connectivity index (χ1n) is 9.39. The van der Waals surface area contributed by atoms with E-state index < -0.39 is 6.04 Å². The van der Waals surface area contributed by atoms with E-state index in [2.05, 4.69) is 15.4 Å². The molecule has 1 aliphatic heterocycles. The number of fused-ring (bicyclic) bond motifs is 1. The Balaban J connectivity index is 1.61. The number of methoxy groups -OCH3 is 1. The third-order valence-corrected chi connectivity index (χ3v) is 4.89. The van der Waals surface area contributed by atoms with Crippen LogP contribution in [0.15, 0.2) is 72.2 Å². The number of aromatic nitrogens is 3. The summed E-state index contributed by atoms with van der Waals surface area (Å²) in [6.07, 6.45) is 2.12. The van der Waals surface area contributed by atoms with Gasteiger partial charge in [0.05, 0.1) is 19.3 Å². The minimum absolute atomic E-state index is 0.300. The molecule has 29 heavy (non-hydrogen) atoms. The molecule has 0 unspecified atom stereocenters. The second-order valence-corrected chi connectivity index (χ2v) is 6.74. The summed E-state index contributed by atoms with van der Waals surface area (Å²) < 4.78 is 12.7. The number of hydrogen-bond acceptors (Lipinski definition) is 6. The molecule has 2 aromatic carbocycles. The largest absolute Gasteiger partial charge is 0.497 e. The maximum absolute atomic E-state index is 13.1. The number of allylic oxidation sites excluding steroid dienone is 1. The van der Waals surface area contributed by atoms with Crippen LogP contribution >= 0.6 is 0 Å². The second kappa shape index (κ2) is 8.18. The first-order valence-corrected chi connectivity index (χ1v) is 9.39. The third kappa shape index (κ3) is 3.85. The Morgan fingerprint density at radius 3 is 2.79 bits per heavy atom. The number of nitrogens with one attached hydrogen (secondary N) is 1. The van der Waals surface area contributed by atoms with Crippen LogP contribution < -0.4 is 10.1 Å². The molecule has 2 heterocycles. The van der Waals surface area contributed by atoms with Gasteiger partial charge in [0.15, 0.2) is 0 Å². The van der Waals surface area contributed by atoms with Crippen molar-refractivity contribution in [1.82, 2.24) is 14.8 Å². The lowest BCUT2D eigenvalue weighted by Gasteiger charge is -2.28. The van der Waals surface area contributed by atoms with E-state index in [-0.39, 0.29) is 5.97 Å². The highest BCUT2D eigenvalue weighted by molar-refractivity contribution is 5.92. The highest BCUT2D eigenvalue weighted by Crippen LogP contribution is 2.36. The lowest BCUT2D eigenvalue weighted by atomic mass is 9.95. The molecule has 0 fully saturated rings. The summed E-state index contributed by atoms with van der Waals surface area (Å²) in [6.45, 7) is 2.15. The first kappa shape index (κ1) is 18.7. The van der Waals surface area contributed by atoms with Crippen LogP contribution in [-0.4, -0.2) is 34.5 Å². The molecule has 0 spiro atoms. The Kier molecular flexibility index (Phi) is 5.29. The van der Waals surface area contributed by atoms with Crippen molar-refractivity contribution in [3.05, 3.63) is 83.3 Å². The van der Waals surface area contributed by atoms with Gasteiger partial charge in [-0.15, -0.1) is 0 Å². The van der Waals surface area contributed by atoms with E-state index in [1.165, 1.54) is 6.33 Å². The molecule has 0 radical (unpaired) electrons. The smallest absolute Gasteiger partial charge is 0.338 e. The highest BCUT2D eigenvalue weighted by atomic mass is 16.5. The SMILES string of the molecule is COc1cccc([C@@H]2C(C(=O)OCCc3ccccc3)=C(C)Nc3ncnn32)c1. The average Bonchev–Trinajstić information content (AvgIpc) is 3.21. The monoisotopic (exact) mass is 390 g/mol. The number of benzene rings is 2. The van der Waals surface area contributed by atoms with Crippen molar-refractivity contribution in [2.75, 3.05) is 19.0 Å². The summed E-state index contributed by atoms with van der Waals surface area (Å²) in [4.78, 5) is 17.3. The van der Waals surface area contributed by atoms with Gasteiger partial charge in [0, 0.05) is 12.1 Å². The van der Waals surface area contributed by atoms with Gasteiger partial charge in [0.2, 0.25) is 5.95 Å². The van der Waals surface area contributed by atoms with Crippen molar-refractivity contribution in [1.29, 1.82) is 0 Å². The van der Waals surface area contributed by atoms with Gasteiger partial charge in [-0.1, -0.05) is 42.5 Å². The lowest BCUT2D eigenvalue weighted by Crippen LogP contribution is -2.30. The predicted octanol–water partition coefficient (Wildman–Crippen LogP) is 3.36. The molecular weight excluding hydrogens is 368 g/mol. The van der Waals surface area contributed by atoms with Gasteiger partial charge in [-0.2, -0.15) is 10.1 Å². The molecule has 0 saturated carbocycles. The van der Waals surface area contributed by atoms with Crippen molar-refractivity contribution in [3.63, 3.8) is 0 Å². The minimum Gasteiger partial charge on any atom is -0.497 e. The van der Waals surface area contributed by atoms with Crippen LogP contribution in [0.5, 0.6) is 5.75 Å².